The summed E-state index contributed by atoms with van der Waals surface area (Å²) in [6, 6.07) is 0. The first-order valence-corrected chi connectivity index (χ1v) is 8.05. The highest BCUT2D eigenvalue weighted by Gasteiger charge is 2.62. The summed E-state index contributed by atoms with van der Waals surface area (Å²) in [5.74, 6) is 5.55. The van der Waals surface area contributed by atoms with E-state index in [1.807, 2.05) is 6.92 Å². The molecular weight excluding hydrogens is 240 g/mol. The van der Waals surface area contributed by atoms with Gasteiger partial charge in [0.25, 0.3) is 0 Å². The van der Waals surface area contributed by atoms with Gasteiger partial charge < -0.3 is 9.47 Å². The molecule has 3 nitrogen and oxygen atoms in total. The molecular formula is C16H24O3. The lowest BCUT2D eigenvalue weighted by Gasteiger charge is -2.38. The van der Waals surface area contributed by atoms with Gasteiger partial charge in [-0.3, -0.25) is 4.79 Å². The molecule has 0 aromatic carbocycles. The predicted molar refractivity (Wildman–Crippen MR) is 70.1 cm³/mol. The number of carbonyl (C=O) groups excluding carboxylic acids is 1. The molecule has 0 radical (unpaired) electrons. The highest BCUT2D eigenvalue weighted by Crippen LogP contribution is 2.67. The molecule has 4 rings (SSSR count). The Hall–Kier alpha value is -0.570. The van der Waals surface area contributed by atoms with E-state index in [4.69, 9.17) is 9.47 Å². The van der Waals surface area contributed by atoms with Crippen molar-refractivity contribution in [1.82, 2.24) is 0 Å². The van der Waals surface area contributed by atoms with E-state index < -0.39 is 0 Å². The van der Waals surface area contributed by atoms with Crippen molar-refractivity contribution in [3.63, 3.8) is 0 Å². The van der Waals surface area contributed by atoms with Gasteiger partial charge in [-0.25, -0.2) is 0 Å². The van der Waals surface area contributed by atoms with E-state index in [9.17, 15) is 4.79 Å². The molecule has 0 aliphatic heterocycles. The second-order valence-corrected chi connectivity index (χ2v) is 7.08. The molecule has 4 bridgehead atoms. The molecule has 0 aromatic heterocycles. The average Bonchev–Trinajstić information content (AvgIpc) is 3.16. The third kappa shape index (κ3) is 1.77. The minimum Gasteiger partial charge on any atom is -0.438 e. The van der Waals surface area contributed by atoms with E-state index >= 15 is 0 Å². The topological polar surface area (TPSA) is 35.5 Å². The number of esters is 1. The van der Waals surface area contributed by atoms with Gasteiger partial charge in [0, 0.05) is 6.42 Å². The zero-order valence-electron chi connectivity index (χ0n) is 11.7. The van der Waals surface area contributed by atoms with Gasteiger partial charge in [-0.05, 0) is 67.6 Å². The van der Waals surface area contributed by atoms with Crippen LogP contribution in [0.2, 0.25) is 0 Å². The van der Waals surface area contributed by atoms with Gasteiger partial charge in [0.05, 0.1) is 6.10 Å². The Morgan fingerprint density at radius 3 is 2.63 bits per heavy atom. The Kier molecular flexibility index (Phi) is 2.87. The summed E-state index contributed by atoms with van der Waals surface area (Å²) in [7, 11) is 0. The minimum atomic E-state index is -0.152. The molecule has 0 amide bonds. The van der Waals surface area contributed by atoms with Crippen LogP contribution in [0.15, 0.2) is 0 Å². The molecule has 4 aliphatic rings. The first-order chi connectivity index (χ1) is 9.28. The smallest absolute Gasteiger partial charge is 0.307 e. The second kappa shape index (κ2) is 4.47. The zero-order chi connectivity index (χ0) is 13.0. The Labute approximate surface area is 115 Å². The van der Waals surface area contributed by atoms with Gasteiger partial charge in [-0.15, -0.1) is 0 Å². The Morgan fingerprint density at radius 1 is 1.05 bits per heavy atom. The number of rotatable bonds is 4. The fraction of sp³-hybridized carbons (Fsp3) is 0.938. The van der Waals surface area contributed by atoms with Crippen LogP contribution < -0.4 is 0 Å². The highest BCUT2D eigenvalue weighted by atomic mass is 16.7. The monoisotopic (exact) mass is 264 g/mol. The van der Waals surface area contributed by atoms with Crippen LogP contribution in [0.1, 0.15) is 45.4 Å². The minimum absolute atomic E-state index is 0.152. The molecule has 0 saturated heterocycles. The van der Waals surface area contributed by atoms with E-state index in [-0.39, 0.29) is 12.8 Å². The molecule has 106 valence electrons. The van der Waals surface area contributed by atoms with Crippen LogP contribution in [-0.2, 0) is 14.3 Å². The number of ether oxygens (including phenoxy) is 2. The van der Waals surface area contributed by atoms with Crippen LogP contribution in [-0.4, -0.2) is 18.9 Å². The van der Waals surface area contributed by atoms with Crippen LogP contribution in [0, 0.1) is 35.5 Å². The number of fused-ring (bicyclic) bond motifs is 9. The molecule has 0 heterocycles. The highest BCUT2D eigenvalue weighted by molar-refractivity contribution is 5.68. The lowest BCUT2D eigenvalue weighted by molar-refractivity contribution is -0.165. The van der Waals surface area contributed by atoms with Crippen LogP contribution in [0.4, 0.5) is 0 Å². The molecule has 7 atom stereocenters. The van der Waals surface area contributed by atoms with Crippen LogP contribution in [0.25, 0.3) is 0 Å². The summed E-state index contributed by atoms with van der Waals surface area (Å²) in [5.41, 5.74) is 0. The Morgan fingerprint density at radius 2 is 1.84 bits per heavy atom. The quantitative estimate of drug-likeness (QED) is 0.445. The number of hydrogen-bond acceptors (Lipinski definition) is 3. The lowest BCUT2D eigenvalue weighted by atomic mass is 9.70. The standard InChI is InChI=1S/C16H24O3/c1-2-14(17)19-8-18-13-7-11-6-12(13)16-10-4-3-9(5-10)15(11)16/h9-13,15-16H,2-8H2,1H3. The van der Waals surface area contributed by atoms with Gasteiger partial charge in [0.2, 0.25) is 0 Å². The molecule has 4 saturated carbocycles. The van der Waals surface area contributed by atoms with Crippen LogP contribution in [0.5, 0.6) is 0 Å². The maximum atomic E-state index is 11.1. The molecule has 19 heavy (non-hydrogen) atoms. The van der Waals surface area contributed by atoms with Crippen molar-refractivity contribution >= 4 is 5.97 Å². The van der Waals surface area contributed by atoms with Crippen molar-refractivity contribution in [2.24, 2.45) is 35.5 Å². The summed E-state index contributed by atoms with van der Waals surface area (Å²) in [5, 5.41) is 0. The summed E-state index contributed by atoms with van der Waals surface area (Å²) >= 11 is 0. The van der Waals surface area contributed by atoms with E-state index in [0.717, 1.165) is 35.5 Å². The van der Waals surface area contributed by atoms with E-state index in [0.29, 0.717) is 12.5 Å². The summed E-state index contributed by atoms with van der Waals surface area (Å²) in [4.78, 5) is 11.1. The zero-order valence-corrected chi connectivity index (χ0v) is 11.7. The maximum absolute atomic E-state index is 11.1. The number of hydrogen-bond donors (Lipinski definition) is 0. The maximum Gasteiger partial charge on any atom is 0.307 e. The third-order valence-corrected chi connectivity index (χ3v) is 6.46. The normalized spacial score (nSPS) is 49.6. The molecule has 3 heteroatoms. The molecule has 0 spiro atoms. The van der Waals surface area contributed by atoms with E-state index in [1.54, 1.807) is 0 Å². The van der Waals surface area contributed by atoms with Crippen molar-refractivity contribution in [2.75, 3.05) is 6.79 Å². The largest absolute Gasteiger partial charge is 0.438 e. The van der Waals surface area contributed by atoms with Crippen molar-refractivity contribution in [3.8, 4) is 0 Å². The summed E-state index contributed by atoms with van der Waals surface area (Å²) in [6.07, 6.45) is 7.87. The summed E-state index contributed by atoms with van der Waals surface area (Å²) < 4.78 is 11.0. The lowest BCUT2D eigenvalue weighted by Crippen LogP contribution is -2.36. The Bertz CT molecular complexity index is 380. The molecule has 0 aromatic rings. The SMILES string of the molecule is CCC(=O)OCOC1CC2CC1C1C3CCC(C3)C21. The van der Waals surface area contributed by atoms with Crippen LogP contribution in [0.3, 0.4) is 0 Å². The van der Waals surface area contributed by atoms with E-state index in [2.05, 4.69) is 0 Å². The molecule has 0 N–H and O–H groups in total. The van der Waals surface area contributed by atoms with Gasteiger partial charge in [-0.1, -0.05) is 6.92 Å². The van der Waals surface area contributed by atoms with E-state index in [1.165, 1.54) is 32.1 Å². The first kappa shape index (κ1) is 12.2. The fourth-order valence-corrected chi connectivity index (χ4v) is 5.99. The molecule has 4 fully saturated rings. The number of carbonyl (C=O) groups is 1. The van der Waals surface area contributed by atoms with Crippen molar-refractivity contribution in [3.05, 3.63) is 0 Å². The van der Waals surface area contributed by atoms with Gasteiger partial charge in [-0.2, -0.15) is 0 Å². The fourth-order valence-electron chi connectivity index (χ4n) is 5.99. The average molecular weight is 264 g/mol. The summed E-state index contributed by atoms with van der Waals surface area (Å²) in [6.45, 7) is 1.99. The van der Waals surface area contributed by atoms with Gasteiger partial charge >= 0.3 is 5.97 Å². The first-order valence-electron chi connectivity index (χ1n) is 8.05. The van der Waals surface area contributed by atoms with Crippen molar-refractivity contribution in [2.45, 2.75) is 51.6 Å². The molecule has 4 aliphatic carbocycles. The van der Waals surface area contributed by atoms with Gasteiger partial charge in [0.15, 0.2) is 6.79 Å². The van der Waals surface area contributed by atoms with Gasteiger partial charge in [0.1, 0.15) is 0 Å². The predicted octanol–water partition coefficient (Wildman–Crippen LogP) is 2.98. The molecule has 7 unspecified atom stereocenters. The third-order valence-electron chi connectivity index (χ3n) is 6.46. The second-order valence-electron chi connectivity index (χ2n) is 7.08. The van der Waals surface area contributed by atoms with Crippen molar-refractivity contribution < 1.29 is 14.3 Å². The van der Waals surface area contributed by atoms with Crippen molar-refractivity contribution in [1.29, 1.82) is 0 Å². The van der Waals surface area contributed by atoms with Crippen LogP contribution >= 0.6 is 0 Å². The Balaban J connectivity index is 1.36.